The lowest BCUT2D eigenvalue weighted by Gasteiger charge is -2.32. The van der Waals surface area contributed by atoms with Gasteiger partial charge < -0.3 is 4.90 Å². The van der Waals surface area contributed by atoms with Crippen LogP contribution in [0.25, 0.3) is 42.2 Å². The van der Waals surface area contributed by atoms with E-state index in [1.807, 2.05) is 17.5 Å². The minimum atomic E-state index is 0.663. The standard InChI is InChI=1S/C25H23N5S/c1-29-11-13-30(14-12-29)28-25-26-16-18-15-17(9-10-22(18)27-25)19-6-4-7-21-20-5-2-3-8-23(20)31-24(19)21/h2-10,15-16H,11-14H2,1H3,(H,26,27,28). The molecule has 3 aromatic carbocycles. The Morgan fingerprint density at radius 2 is 1.74 bits per heavy atom. The summed E-state index contributed by atoms with van der Waals surface area (Å²) in [4.78, 5) is 11.7. The van der Waals surface area contributed by atoms with E-state index in [4.69, 9.17) is 4.98 Å². The highest BCUT2D eigenvalue weighted by molar-refractivity contribution is 7.26. The van der Waals surface area contributed by atoms with Crippen LogP contribution in [0.3, 0.4) is 0 Å². The molecule has 1 aliphatic rings. The first-order chi connectivity index (χ1) is 15.2. The number of nitrogens with zero attached hydrogens (tertiary/aromatic N) is 4. The number of hydrazine groups is 1. The van der Waals surface area contributed by atoms with Crippen molar-refractivity contribution in [3.8, 4) is 11.1 Å². The summed E-state index contributed by atoms with van der Waals surface area (Å²) in [5, 5.41) is 5.89. The summed E-state index contributed by atoms with van der Waals surface area (Å²) in [6.07, 6.45) is 1.93. The van der Waals surface area contributed by atoms with Gasteiger partial charge in [0.2, 0.25) is 5.95 Å². The van der Waals surface area contributed by atoms with Crippen molar-refractivity contribution in [3.05, 3.63) is 66.9 Å². The maximum absolute atomic E-state index is 4.75. The van der Waals surface area contributed by atoms with E-state index < -0.39 is 0 Å². The second-order valence-corrected chi connectivity index (χ2v) is 9.20. The molecule has 0 aliphatic carbocycles. The van der Waals surface area contributed by atoms with E-state index in [0.717, 1.165) is 37.1 Å². The zero-order valence-electron chi connectivity index (χ0n) is 17.4. The molecule has 0 amide bonds. The van der Waals surface area contributed by atoms with Crippen LogP contribution < -0.4 is 5.43 Å². The van der Waals surface area contributed by atoms with Gasteiger partial charge in [0.15, 0.2) is 0 Å². The lowest BCUT2D eigenvalue weighted by Crippen LogP contribution is -2.47. The molecule has 3 heterocycles. The van der Waals surface area contributed by atoms with Crippen LogP contribution in [0.15, 0.2) is 66.9 Å². The van der Waals surface area contributed by atoms with Crippen LogP contribution in [0, 0.1) is 0 Å². The number of fused-ring (bicyclic) bond motifs is 4. The summed E-state index contributed by atoms with van der Waals surface area (Å²) in [7, 11) is 2.15. The first kappa shape index (κ1) is 18.7. The van der Waals surface area contributed by atoms with Crippen LogP contribution in [0.2, 0.25) is 0 Å². The summed E-state index contributed by atoms with van der Waals surface area (Å²) in [5.41, 5.74) is 6.79. The Kier molecular flexibility index (Phi) is 4.56. The SMILES string of the molecule is CN1CCN(Nc2ncc3cc(-c4cccc5c4sc4ccccc45)ccc3n2)CC1. The zero-order chi connectivity index (χ0) is 20.8. The highest BCUT2D eigenvalue weighted by Gasteiger charge is 2.15. The second-order valence-electron chi connectivity index (χ2n) is 8.15. The molecule has 0 bridgehead atoms. The number of aromatic nitrogens is 2. The molecule has 1 fully saturated rings. The first-order valence-electron chi connectivity index (χ1n) is 10.6. The van der Waals surface area contributed by atoms with Gasteiger partial charge in [-0.2, -0.15) is 0 Å². The summed E-state index contributed by atoms with van der Waals surface area (Å²) < 4.78 is 2.66. The molecule has 1 aliphatic heterocycles. The van der Waals surface area contributed by atoms with Gasteiger partial charge in [0.05, 0.1) is 5.52 Å². The summed E-state index contributed by atoms with van der Waals surface area (Å²) in [5.74, 6) is 0.663. The van der Waals surface area contributed by atoms with Crippen molar-refractivity contribution in [2.24, 2.45) is 0 Å². The van der Waals surface area contributed by atoms with Crippen molar-refractivity contribution in [2.45, 2.75) is 0 Å². The Labute approximate surface area is 184 Å². The van der Waals surface area contributed by atoms with Crippen molar-refractivity contribution < 1.29 is 0 Å². The molecule has 0 unspecified atom stereocenters. The molecular formula is C25H23N5S. The Morgan fingerprint density at radius 1 is 0.903 bits per heavy atom. The topological polar surface area (TPSA) is 44.3 Å². The van der Waals surface area contributed by atoms with Crippen molar-refractivity contribution in [1.82, 2.24) is 19.9 Å². The van der Waals surface area contributed by atoms with Gasteiger partial charge in [-0.25, -0.2) is 15.0 Å². The third-order valence-electron chi connectivity index (χ3n) is 6.06. The minimum Gasteiger partial charge on any atom is -0.304 e. The Hall–Kier alpha value is -3.06. The summed E-state index contributed by atoms with van der Waals surface area (Å²) in [6.45, 7) is 4.03. The zero-order valence-corrected chi connectivity index (χ0v) is 18.2. The van der Waals surface area contributed by atoms with Gasteiger partial charge in [-0.05, 0) is 36.4 Å². The quantitative estimate of drug-likeness (QED) is 0.428. The number of anilines is 1. The molecule has 0 spiro atoms. The van der Waals surface area contributed by atoms with Gasteiger partial charge in [0.1, 0.15) is 0 Å². The van der Waals surface area contributed by atoms with E-state index in [9.17, 15) is 0 Å². The Morgan fingerprint density at radius 3 is 2.65 bits per heavy atom. The molecule has 5 nitrogen and oxygen atoms in total. The van der Waals surface area contributed by atoms with Crippen molar-refractivity contribution in [1.29, 1.82) is 0 Å². The Balaban J connectivity index is 1.35. The van der Waals surface area contributed by atoms with E-state index in [0.29, 0.717) is 5.95 Å². The van der Waals surface area contributed by atoms with Crippen LogP contribution >= 0.6 is 11.3 Å². The monoisotopic (exact) mass is 425 g/mol. The smallest absolute Gasteiger partial charge is 0.238 e. The van der Waals surface area contributed by atoms with Gasteiger partial charge in [-0.15, -0.1) is 11.3 Å². The average molecular weight is 426 g/mol. The van der Waals surface area contributed by atoms with Crippen molar-refractivity contribution in [2.75, 3.05) is 38.7 Å². The van der Waals surface area contributed by atoms with E-state index in [1.165, 1.54) is 31.3 Å². The lowest BCUT2D eigenvalue weighted by molar-refractivity contribution is 0.178. The molecule has 2 aromatic heterocycles. The van der Waals surface area contributed by atoms with E-state index in [2.05, 4.69) is 88.0 Å². The van der Waals surface area contributed by atoms with Crippen LogP contribution in [-0.2, 0) is 0 Å². The number of piperazine rings is 1. The Bertz CT molecular complexity index is 1400. The van der Waals surface area contributed by atoms with Gasteiger partial charge in [-0.3, -0.25) is 5.43 Å². The fraction of sp³-hybridized carbons (Fsp3) is 0.200. The molecule has 6 heteroatoms. The predicted molar refractivity (Wildman–Crippen MR) is 131 cm³/mol. The second kappa shape index (κ2) is 7.57. The van der Waals surface area contributed by atoms with Gasteiger partial charge in [-0.1, -0.05) is 42.5 Å². The van der Waals surface area contributed by atoms with E-state index >= 15 is 0 Å². The molecular weight excluding hydrogens is 402 g/mol. The largest absolute Gasteiger partial charge is 0.304 e. The maximum atomic E-state index is 4.75. The highest BCUT2D eigenvalue weighted by Crippen LogP contribution is 2.40. The van der Waals surface area contributed by atoms with Crippen LogP contribution in [-0.4, -0.2) is 53.1 Å². The fourth-order valence-corrected chi connectivity index (χ4v) is 5.53. The molecule has 154 valence electrons. The normalized spacial score (nSPS) is 15.8. The van der Waals surface area contributed by atoms with Gasteiger partial charge in [0, 0.05) is 57.9 Å². The molecule has 6 rings (SSSR count). The lowest BCUT2D eigenvalue weighted by atomic mass is 10.0. The number of benzene rings is 3. The molecule has 0 saturated carbocycles. The number of rotatable bonds is 3. The number of likely N-dealkylation sites (N-methyl/N-ethyl adjacent to an activating group) is 1. The highest BCUT2D eigenvalue weighted by atomic mass is 32.1. The van der Waals surface area contributed by atoms with E-state index in [-0.39, 0.29) is 0 Å². The van der Waals surface area contributed by atoms with Gasteiger partial charge >= 0.3 is 0 Å². The number of thiophene rings is 1. The van der Waals surface area contributed by atoms with Crippen molar-refractivity contribution in [3.63, 3.8) is 0 Å². The third kappa shape index (κ3) is 3.43. The molecule has 0 radical (unpaired) electrons. The predicted octanol–water partition coefficient (Wildman–Crippen LogP) is 5.24. The van der Waals surface area contributed by atoms with Gasteiger partial charge in [0.25, 0.3) is 0 Å². The molecule has 5 aromatic rings. The van der Waals surface area contributed by atoms with Crippen LogP contribution in [0.4, 0.5) is 5.95 Å². The molecule has 1 saturated heterocycles. The molecule has 0 atom stereocenters. The fourth-order valence-electron chi connectivity index (χ4n) is 4.29. The summed E-state index contributed by atoms with van der Waals surface area (Å²) in [6, 6.07) is 21.7. The number of nitrogens with one attached hydrogen (secondary N) is 1. The summed E-state index contributed by atoms with van der Waals surface area (Å²) >= 11 is 1.86. The molecule has 31 heavy (non-hydrogen) atoms. The number of hydrogen-bond acceptors (Lipinski definition) is 6. The van der Waals surface area contributed by atoms with E-state index in [1.54, 1.807) is 0 Å². The first-order valence-corrected chi connectivity index (χ1v) is 11.4. The third-order valence-corrected chi connectivity index (χ3v) is 7.28. The minimum absolute atomic E-state index is 0.663. The van der Waals surface area contributed by atoms with Crippen molar-refractivity contribution >= 4 is 48.4 Å². The maximum Gasteiger partial charge on any atom is 0.238 e. The number of hydrogen-bond donors (Lipinski definition) is 1. The van der Waals surface area contributed by atoms with Crippen LogP contribution in [0.5, 0.6) is 0 Å². The molecule has 1 N–H and O–H groups in total. The van der Waals surface area contributed by atoms with Crippen LogP contribution in [0.1, 0.15) is 0 Å². The average Bonchev–Trinajstić information content (AvgIpc) is 3.19.